The van der Waals surface area contributed by atoms with Crippen LogP contribution in [-0.2, 0) is 6.54 Å². The Kier molecular flexibility index (Phi) is 8.10. The van der Waals surface area contributed by atoms with Crippen molar-refractivity contribution in [2.24, 2.45) is 0 Å². The molecule has 0 atom stereocenters. The van der Waals surface area contributed by atoms with E-state index in [0.29, 0.717) is 13.2 Å². The summed E-state index contributed by atoms with van der Waals surface area (Å²) in [4.78, 5) is 0. The van der Waals surface area contributed by atoms with Crippen LogP contribution in [0.15, 0.2) is 22.7 Å². The molecule has 16 heavy (non-hydrogen) atoms. The van der Waals surface area contributed by atoms with Gasteiger partial charge in [-0.1, -0.05) is 21.9 Å². The lowest BCUT2D eigenvalue weighted by Crippen LogP contribution is -2.14. The van der Waals surface area contributed by atoms with Gasteiger partial charge in [-0.15, -0.1) is 18.8 Å². The molecule has 0 aliphatic carbocycles. The number of hydrogen-bond donors (Lipinski definition) is 1. The van der Waals surface area contributed by atoms with Crippen LogP contribution < -0.4 is 10.1 Å². The Labute approximate surface area is 111 Å². The van der Waals surface area contributed by atoms with E-state index in [1.807, 2.05) is 25.1 Å². The molecule has 0 saturated carbocycles. The maximum Gasteiger partial charge on any atom is 0.123 e. The quantitative estimate of drug-likeness (QED) is 0.667. The Balaban J connectivity index is 0.00000225. The van der Waals surface area contributed by atoms with Crippen LogP contribution in [0.25, 0.3) is 0 Å². The monoisotopic (exact) mass is 303 g/mol. The Hall–Kier alpha value is -0.690. The molecule has 4 heteroatoms. The molecule has 0 fully saturated rings. The van der Waals surface area contributed by atoms with Crippen molar-refractivity contribution in [1.82, 2.24) is 5.32 Å². The van der Waals surface area contributed by atoms with Crippen LogP contribution in [-0.4, -0.2) is 13.2 Å². The molecular formula is C12H15BrClNO. The van der Waals surface area contributed by atoms with Crippen molar-refractivity contribution in [1.29, 1.82) is 0 Å². The lowest BCUT2D eigenvalue weighted by Gasteiger charge is -2.10. The molecule has 0 aromatic heterocycles. The Bertz CT molecular complexity index is 363. The van der Waals surface area contributed by atoms with Gasteiger partial charge >= 0.3 is 0 Å². The SMILES string of the molecule is C#CCNCc1cc(Br)ccc1OCC.Cl. The molecule has 88 valence electrons. The molecule has 0 unspecified atom stereocenters. The molecule has 0 aliphatic heterocycles. The Morgan fingerprint density at radius 2 is 2.25 bits per heavy atom. The van der Waals surface area contributed by atoms with Crippen molar-refractivity contribution in [3.8, 4) is 18.1 Å². The van der Waals surface area contributed by atoms with E-state index in [1.165, 1.54) is 0 Å². The van der Waals surface area contributed by atoms with Gasteiger partial charge in [-0.3, -0.25) is 0 Å². The molecule has 0 aliphatic rings. The highest BCUT2D eigenvalue weighted by Gasteiger charge is 2.03. The first kappa shape index (κ1) is 15.3. The molecule has 0 spiro atoms. The fraction of sp³-hybridized carbons (Fsp3) is 0.333. The third-order valence-electron chi connectivity index (χ3n) is 1.86. The normalized spacial score (nSPS) is 9.06. The van der Waals surface area contributed by atoms with Gasteiger partial charge in [0.2, 0.25) is 0 Å². The highest BCUT2D eigenvalue weighted by atomic mass is 79.9. The minimum Gasteiger partial charge on any atom is -0.494 e. The Morgan fingerprint density at radius 3 is 2.88 bits per heavy atom. The number of rotatable bonds is 5. The standard InChI is InChI=1S/C12H14BrNO.ClH/c1-3-7-14-9-10-8-11(13)5-6-12(10)15-4-2;/h1,5-6,8,14H,4,7,9H2,2H3;1H. The molecule has 1 N–H and O–H groups in total. The number of nitrogens with one attached hydrogen (secondary N) is 1. The van der Waals surface area contributed by atoms with Gasteiger partial charge in [-0.25, -0.2) is 0 Å². The average molecular weight is 305 g/mol. The molecule has 1 aromatic rings. The van der Waals surface area contributed by atoms with Crippen LogP contribution in [0.3, 0.4) is 0 Å². The van der Waals surface area contributed by atoms with E-state index in [2.05, 4.69) is 27.2 Å². The number of halogens is 2. The summed E-state index contributed by atoms with van der Waals surface area (Å²) < 4.78 is 6.56. The molecule has 0 bridgehead atoms. The first-order valence-corrected chi connectivity index (χ1v) is 5.62. The predicted molar refractivity (Wildman–Crippen MR) is 73.1 cm³/mol. The van der Waals surface area contributed by atoms with E-state index in [-0.39, 0.29) is 12.4 Å². The maximum atomic E-state index is 5.51. The van der Waals surface area contributed by atoms with Crippen LogP contribution in [0.2, 0.25) is 0 Å². The fourth-order valence-electron chi connectivity index (χ4n) is 1.25. The summed E-state index contributed by atoms with van der Waals surface area (Å²) in [5.41, 5.74) is 1.11. The van der Waals surface area contributed by atoms with Gasteiger partial charge in [-0.05, 0) is 25.1 Å². The van der Waals surface area contributed by atoms with E-state index in [9.17, 15) is 0 Å². The summed E-state index contributed by atoms with van der Waals surface area (Å²) in [6.45, 7) is 3.93. The van der Waals surface area contributed by atoms with Crippen molar-refractivity contribution < 1.29 is 4.74 Å². The topological polar surface area (TPSA) is 21.3 Å². The third-order valence-corrected chi connectivity index (χ3v) is 2.36. The first-order valence-electron chi connectivity index (χ1n) is 4.83. The summed E-state index contributed by atoms with van der Waals surface area (Å²) in [6.07, 6.45) is 5.17. The summed E-state index contributed by atoms with van der Waals surface area (Å²) in [5, 5.41) is 3.14. The predicted octanol–water partition coefficient (Wildman–Crippen LogP) is 2.99. The zero-order valence-corrected chi connectivity index (χ0v) is 11.5. The number of hydrogen-bond acceptors (Lipinski definition) is 2. The third kappa shape index (κ3) is 4.89. The van der Waals surface area contributed by atoms with Gasteiger partial charge < -0.3 is 10.1 Å². The van der Waals surface area contributed by atoms with E-state index < -0.39 is 0 Å². The van der Waals surface area contributed by atoms with Crippen LogP contribution in [0.1, 0.15) is 12.5 Å². The maximum absolute atomic E-state index is 5.51. The molecule has 0 saturated heterocycles. The van der Waals surface area contributed by atoms with Gasteiger partial charge in [0.05, 0.1) is 13.2 Å². The average Bonchev–Trinajstić information content (AvgIpc) is 2.22. The largest absolute Gasteiger partial charge is 0.494 e. The van der Waals surface area contributed by atoms with Crippen molar-refractivity contribution in [3.05, 3.63) is 28.2 Å². The lowest BCUT2D eigenvalue weighted by molar-refractivity contribution is 0.335. The second-order valence-electron chi connectivity index (χ2n) is 2.99. The van der Waals surface area contributed by atoms with Gasteiger partial charge in [0, 0.05) is 16.6 Å². The van der Waals surface area contributed by atoms with Crippen molar-refractivity contribution >= 4 is 28.3 Å². The van der Waals surface area contributed by atoms with Gasteiger partial charge in [0.25, 0.3) is 0 Å². The van der Waals surface area contributed by atoms with E-state index in [4.69, 9.17) is 11.2 Å². The van der Waals surface area contributed by atoms with Crippen molar-refractivity contribution in [3.63, 3.8) is 0 Å². The molecule has 0 amide bonds. The highest BCUT2D eigenvalue weighted by molar-refractivity contribution is 9.10. The highest BCUT2D eigenvalue weighted by Crippen LogP contribution is 2.23. The second kappa shape index (κ2) is 8.46. The fourth-order valence-corrected chi connectivity index (χ4v) is 1.66. The summed E-state index contributed by atoms with van der Waals surface area (Å²) in [6, 6.07) is 5.96. The zero-order chi connectivity index (χ0) is 11.1. The molecule has 0 radical (unpaired) electrons. The van der Waals surface area contributed by atoms with Gasteiger partial charge in [0.15, 0.2) is 0 Å². The minimum atomic E-state index is 0. The smallest absolute Gasteiger partial charge is 0.123 e. The summed E-state index contributed by atoms with van der Waals surface area (Å²) in [5.74, 6) is 3.45. The van der Waals surface area contributed by atoms with Gasteiger partial charge in [0.1, 0.15) is 5.75 Å². The van der Waals surface area contributed by atoms with Crippen LogP contribution >= 0.6 is 28.3 Å². The second-order valence-corrected chi connectivity index (χ2v) is 3.91. The number of terminal acetylenes is 1. The minimum absolute atomic E-state index is 0. The summed E-state index contributed by atoms with van der Waals surface area (Å²) in [7, 11) is 0. The van der Waals surface area contributed by atoms with Crippen molar-refractivity contribution in [2.75, 3.05) is 13.2 Å². The molecule has 2 nitrogen and oxygen atoms in total. The molecular weight excluding hydrogens is 289 g/mol. The van der Waals surface area contributed by atoms with E-state index in [1.54, 1.807) is 0 Å². The number of benzene rings is 1. The van der Waals surface area contributed by atoms with Crippen molar-refractivity contribution in [2.45, 2.75) is 13.5 Å². The van der Waals surface area contributed by atoms with Gasteiger partial charge in [-0.2, -0.15) is 0 Å². The van der Waals surface area contributed by atoms with Crippen LogP contribution in [0, 0.1) is 12.3 Å². The molecule has 1 aromatic carbocycles. The summed E-state index contributed by atoms with van der Waals surface area (Å²) >= 11 is 3.43. The first-order chi connectivity index (χ1) is 7.27. The van der Waals surface area contributed by atoms with E-state index in [0.717, 1.165) is 22.3 Å². The lowest BCUT2D eigenvalue weighted by atomic mass is 10.2. The zero-order valence-electron chi connectivity index (χ0n) is 9.13. The molecule has 1 rings (SSSR count). The van der Waals surface area contributed by atoms with Crippen LogP contribution in [0.4, 0.5) is 0 Å². The Morgan fingerprint density at radius 1 is 1.50 bits per heavy atom. The van der Waals surface area contributed by atoms with E-state index >= 15 is 0 Å². The van der Waals surface area contributed by atoms with Crippen LogP contribution in [0.5, 0.6) is 5.75 Å². The molecule has 0 heterocycles. The number of ether oxygens (including phenoxy) is 1.